The Balaban J connectivity index is 1.51. The van der Waals surface area contributed by atoms with Crippen molar-refractivity contribution < 1.29 is 13.2 Å². The fourth-order valence-electron chi connectivity index (χ4n) is 3.38. The van der Waals surface area contributed by atoms with Crippen molar-refractivity contribution in [2.24, 2.45) is 0 Å². The number of rotatable bonds is 3. The van der Waals surface area contributed by atoms with Crippen LogP contribution < -0.4 is 9.21 Å². The maximum Gasteiger partial charge on any atom is 0.253 e. The highest BCUT2D eigenvalue weighted by molar-refractivity contribution is 7.93. The molecule has 0 N–H and O–H groups in total. The third kappa shape index (κ3) is 2.70. The predicted molar refractivity (Wildman–Crippen MR) is 99.9 cm³/mol. The van der Waals surface area contributed by atoms with Crippen molar-refractivity contribution >= 4 is 27.3 Å². The van der Waals surface area contributed by atoms with Gasteiger partial charge in [-0.05, 0) is 18.2 Å². The molecule has 7 nitrogen and oxygen atoms in total. The zero-order valence-corrected chi connectivity index (χ0v) is 15.3. The van der Waals surface area contributed by atoms with Gasteiger partial charge in [-0.1, -0.05) is 18.2 Å². The molecule has 0 spiro atoms. The van der Waals surface area contributed by atoms with E-state index in [4.69, 9.17) is 0 Å². The molecule has 8 heteroatoms. The molecule has 0 bridgehead atoms. The lowest BCUT2D eigenvalue weighted by atomic mass is 10.1. The van der Waals surface area contributed by atoms with E-state index in [0.717, 1.165) is 5.69 Å². The monoisotopic (exact) mass is 372 g/mol. The highest BCUT2D eigenvalue weighted by Gasteiger charge is 2.44. The third-order valence-corrected chi connectivity index (χ3v) is 7.11. The lowest BCUT2D eigenvalue weighted by Crippen LogP contribution is -2.61. The molecule has 136 valence electrons. The third-order valence-electron chi connectivity index (χ3n) is 4.98. The Morgan fingerprint density at radius 2 is 1.81 bits per heavy atom. The average Bonchev–Trinajstić information content (AvgIpc) is 2.61. The molecule has 0 unspecified atom stereocenters. The molecule has 2 aliphatic heterocycles. The first kappa shape index (κ1) is 16.8. The molecule has 2 aromatic rings. The van der Waals surface area contributed by atoms with Crippen molar-refractivity contribution in [3.05, 3.63) is 54.4 Å². The number of benzene rings is 1. The van der Waals surface area contributed by atoms with Crippen LogP contribution in [0.5, 0.6) is 0 Å². The van der Waals surface area contributed by atoms with Crippen molar-refractivity contribution in [1.29, 1.82) is 0 Å². The van der Waals surface area contributed by atoms with Crippen molar-refractivity contribution in [2.75, 3.05) is 42.4 Å². The second kappa shape index (κ2) is 6.28. The first-order chi connectivity index (χ1) is 12.5. The standard InChI is InChI=1S/C18H20N4O3S/c1-20-9-10-22(17-11-19-8-7-16(17)20)26(24,25)15-12-21(13-15)18(23)14-5-3-2-4-6-14/h2-8,11,15H,9-10,12-13H2,1H3. The zero-order valence-electron chi connectivity index (χ0n) is 14.4. The summed E-state index contributed by atoms with van der Waals surface area (Å²) >= 11 is 0. The Morgan fingerprint density at radius 3 is 2.54 bits per heavy atom. The van der Waals surface area contributed by atoms with Gasteiger partial charge in [0.2, 0.25) is 10.0 Å². The number of anilines is 2. The molecule has 1 aromatic heterocycles. The maximum atomic E-state index is 13.1. The largest absolute Gasteiger partial charge is 0.371 e. The van der Waals surface area contributed by atoms with E-state index in [2.05, 4.69) is 4.98 Å². The van der Waals surface area contributed by atoms with Crippen LogP contribution in [0.3, 0.4) is 0 Å². The van der Waals surface area contributed by atoms with Gasteiger partial charge in [-0.3, -0.25) is 14.1 Å². The fraction of sp³-hybridized carbons (Fsp3) is 0.333. The molecule has 0 aliphatic carbocycles. The normalized spacial score (nSPS) is 17.7. The molecule has 0 atom stereocenters. The van der Waals surface area contributed by atoms with E-state index in [0.29, 0.717) is 24.3 Å². The quantitative estimate of drug-likeness (QED) is 0.809. The smallest absolute Gasteiger partial charge is 0.253 e. The van der Waals surface area contributed by atoms with Crippen LogP contribution in [0.2, 0.25) is 0 Å². The maximum absolute atomic E-state index is 13.1. The van der Waals surface area contributed by atoms with E-state index in [1.165, 1.54) is 4.31 Å². The van der Waals surface area contributed by atoms with Crippen LogP contribution >= 0.6 is 0 Å². The first-order valence-electron chi connectivity index (χ1n) is 8.49. The molecular weight excluding hydrogens is 352 g/mol. The molecule has 1 saturated heterocycles. The van der Waals surface area contributed by atoms with Crippen LogP contribution in [0.4, 0.5) is 11.4 Å². The summed E-state index contributed by atoms with van der Waals surface area (Å²) in [4.78, 5) is 20.1. The summed E-state index contributed by atoms with van der Waals surface area (Å²) in [6, 6.07) is 10.8. The number of carbonyl (C=O) groups excluding carboxylic acids is 1. The summed E-state index contributed by atoms with van der Waals surface area (Å²) in [5, 5.41) is -0.577. The molecule has 2 aliphatic rings. The van der Waals surface area contributed by atoms with Crippen molar-refractivity contribution in [3.8, 4) is 0 Å². The second-order valence-corrected chi connectivity index (χ2v) is 8.74. The number of aromatic nitrogens is 1. The minimum atomic E-state index is -3.54. The van der Waals surface area contributed by atoms with Crippen molar-refractivity contribution in [1.82, 2.24) is 9.88 Å². The van der Waals surface area contributed by atoms with Crippen molar-refractivity contribution in [2.45, 2.75) is 5.25 Å². The highest BCUT2D eigenvalue weighted by atomic mass is 32.2. The van der Waals surface area contributed by atoms with Gasteiger partial charge >= 0.3 is 0 Å². The van der Waals surface area contributed by atoms with Gasteiger partial charge in [0.15, 0.2) is 0 Å². The van der Waals surface area contributed by atoms with E-state index in [-0.39, 0.29) is 19.0 Å². The van der Waals surface area contributed by atoms with Crippen LogP contribution in [-0.4, -0.2) is 62.7 Å². The Morgan fingerprint density at radius 1 is 1.08 bits per heavy atom. The highest BCUT2D eigenvalue weighted by Crippen LogP contribution is 2.35. The molecule has 4 rings (SSSR count). The Kier molecular flexibility index (Phi) is 4.07. The van der Waals surface area contributed by atoms with Crippen LogP contribution in [0.1, 0.15) is 10.4 Å². The zero-order chi connectivity index (χ0) is 18.3. The van der Waals surface area contributed by atoms with E-state index >= 15 is 0 Å². The Labute approximate surface area is 152 Å². The van der Waals surface area contributed by atoms with Gasteiger partial charge < -0.3 is 9.80 Å². The number of hydrogen-bond acceptors (Lipinski definition) is 5. The molecule has 3 heterocycles. The summed E-state index contributed by atoms with van der Waals surface area (Å²) in [6.45, 7) is 1.45. The van der Waals surface area contributed by atoms with Gasteiger partial charge in [-0.25, -0.2) is 8.42 Å². The lowest BCUT2D eigenvalue weighted by molar-refractivity contribution is 0.0658. The number of pyridine rings is 1. The fourth-order valence-corrected chi connectivity index (χ4v) is 5.22. The average molecular weight is 372 g/mol. The molecule has 0 saturated carbocycles. The van der Waals surface area contributed by atoms with Gasteiger partial charge in [0, 0.05) is 38.4 Å². The number of likely N-dealkylation sites (tertiary alicyclic amines) is 1. The van der Waals surface area contributed by atoms with Gasteiger partial charge in [-0.15, -0.1) is 0 Å². The Hall–Kier alpha value is -2.61. The van der Waals surface area contributed by atoms with Gasteiger partial charge in [0.25, 0.3) is 5.91 Å². The Bertz CT molecular complexity index is 926. The predicted octanol–water partition coefficient (Wildman–Crippen LogP) is 1.19. The number of sulfonamides is 1. The van der Waals surface area contributed by atoms with Crippen LogP contribution in [0, 0.1) is 0 Å². The number of amides is 1. The number of carbonyl (C=O) groups is 1. The van der Waals surface area contributed by atoms with Crippen LogP contribution in [-0.2, 0) is 10.0 Å². The number of hydrogen-bond donors (Lipinski definition) is 0. The van der Waals surface area contributed by atoms with Crippen LogP contribution in [0.25, 0.3) is 0 Å². The molecule has 26 heavy (non-hydrogen) atoms. The minimum absolute atomic E-state index is 0.127. The lowest BCUT2D eigenvalue weighted by Gasteiger charge is -2.43. The summed E-state index contributed by atoms with van der Waals surface area (Å²) in [5.41, 5.74) is 2.04. The minimum Gasteiger partial charge on any atom is -0.371 e. The van der Waals surface area contributed by atoms with Gasteiger partial charge in [0.05, 0.1) is 24.1 Å². The summed E-state index contributed by atoms with van der Waals surface area (Å²) in [7, 11) is -1.60. The summed E-state index contributed by atoms with van der Waals surface area (Å²) < 4.78 is 27.6. The van der Waals surface area contributed by atoms with E-state index in [1.54, 1.807) is 41.6 Å². The number of fused-ring (bicyclic) bond motifs is 1. The summed E-state index contributed by atoms with van der Waals surface area (Å²) in [5.74, 6) is -0.127. The molecular formula is C18H20N4O3S. The van der Waals surface area contributed by atoms with Gasteiger partial charge in [0.1, 0.15) is 5.25 Å². The molecule has 1 fully saturated rings. The molecule has 1 aromatic carbocycles. The SMILES string of the molecule is CN1CCN(S(=O)(=O)C2CN(C(=O)c3ccccc3)C2)c2cnccc21. The summed E-state index contributed by atoms with van der Waals surface area (Å²) in [6.07, 6.45) is 3.25. The molecule has 0 radical (unpaired) electrons. The second-order valence-electron chi connectivity index (χ2n) is 6.60. The first-order valence-corrected chi connectivity index (χ1v) is 10.00. The topological polar surface area (TPSA) is 73.8 Å². The van der Waals surface area contributed by atoms with E-state index < -0.39 is 15.3 Å². The van der Waals surface area contributed by atoms with Gasteiger partial charge in [-0.2, -0.15) is 0 Å². The van der Waals surface area contributed by atoms with Crippen molar-refractivity contribution in [3.63, 3.8) is 0 Å². The van der Waals surface area contributed by atoms with Crippen LogP contribution in [0.15, 0.2) is 48.8 Å². The number of nitrogens with zero attached hydrogens (tertiary/aromatic N) is 4. The van der Waals surface area contributed by atoms with E-state index in [9.17, 15) is 13.2 Å². The number of likely N-dealkylation sites (N-methyl/N-ethyl adjacent to an activating group) is 1. The van der Waals surface area contributed by atoms with E-state index in [1.807, 2.05) is 24.1 Å². The molecule has 1 amide bonds.